The summed E-state index contributed by atoms with van der Waals surface area (Å²) in [6.07, 6.45) is 0.957. The van der Waals surface area contributed by atoms with Gasteiger partial charge < -0.3 is 9.84 Å². The molecule has 4 atom stereocenters. The highest BCUT2D eigenvalue weighted by atomic mass is 16.5. The average Bonchev–Trinajstić information content (AvgIpc) is 2.22. The Hall–Kier alpha value is -0.120. The Balaban J connectivity index is 2.39. The number of aliphatic hydroxyl groups excluding tert-OH is 1. The van der Waals surface area contributed by atoms with Crippen LogP contribution < -0.4 is 0 Å². The topological polar surface area (TPSA) is 32.7 Å². The van der Waals surface area contributed by atoms with Crippen molar-refractivity contribution in [3.8, 4) is 0 Å². The van der Waals surface area contributed by atoms with Crippen molar-refractivity contribution >= 4 is 0 Å². The molecule has 1 fully saturated rings. The molecule has 1 aliphatic heterocycles. The molecule has 1 heterocycles. The van der Waals surface area contributed by atoms with Gasteiger partial charge in [-0.2, -0.15) is 0 Å². The highest BCUT2D eigenvalue weighted by Crippen LogP contribution is 2.26. The van der Waals surface area contributed by atoms with Crippen molar-refractivity contribution in [1.82, 2.24) is 4.90 Å². The van der Waals surface area contributed by atoms with Gasteiger partial charge in [0.1, 0.15) is 0 Å². The van der Waals surface area contributed by atoms with Gasteiger partial charge in [0, 0.05) is 25.7 Å². The number of likely N-dealkylation sites (tertiary alicyclic amines) is 1. The molecule has 0 bridgehead atoms. The highest BCUT2D eigenvalue weighted by molar-refractivity contribution is 4.83. The van der Waals surface area contributed by atoms with E-state index in [1.165, 1.54) is 6.42 Å². The first-order valence-corrected chi connectivity index (χ1v) is 6.54. The molecule has 16 heavy (non-hydrogen) atoms. The Morgan fingerprint density at radius 3 is 2.69 bits per heavy atom. The summed E-state index contributed by atoms with van der Waals surface area (Å²) in [6.45, 7) is 11.8. The molecule has 0 aromatic rings. The van der Waals surface area contributed by atoms with Gasteiger partial charge in [-0.3, -0.25) is 4.90 Å². The summed E-state index contributed by atoms with van der Waals surface area (Å²) in [5, 5.41) is 9.86. The lowest BCUT2D eigenvalue weighted by Crippen LogP contribution is -2.49. The molecule has 1 saturated heterocycles. The number of β-amino-alcohol motifs (C(OH)–C–C–N with tert-alkyl or cyclic N) is 1. The summed E-state index contributed by atoms with van der Waals surface area (Å²) in [7, 11) is 0. The number of nitrogens with zero attached hydrogens (tertiary/aromatic N) is 1. The molecular weight excluding hydrogens is 202 g/mol. The summed E-state index contributed by atoms with van der Waals surface area (Å²) < 4.78 is 5.25. The first-order chi connectivity index (χ1) is 7.54. The standard InChI is InChI=1S/C13H27NO2/c1-5-16-9-13(15)8-14-7-10(2)6-11(3)12(14)4/h10-13,15H,5-9H2,1-4H3. The predicted molar refractivity (Wildman–Crippen MR) is 66.5 cm³/mol. The monoisotopic (exact) mass is 229 g/mol. The van der Waals surface area contributed by atoms with Gasteiger partial charge in [0.25, 0.3) is 0 Å². The Morgan fingerprint density at radius 1 is 1.38 bits per heavy atom. The molecule has 3 nitrogen and oxygen atoms in total. The Bertz CT molecular complexity index is 198. The zero-order valence-electron chi connectivity index (χ0n) is 11.1. The van der Waals surface area contributed by atoms with Gasteiger partial charge in [0.2, 0.25) is 0 Å². The third-order valence-corrected chi connectivity index (χ3v) is 3.68. The van der Waals surface area contributed by atoms with Crippen LogP contribution >= 0.6 is 0 Å². The molecule has 1 N–H and O–H groups in total. The fourth-order valence-corrected chi connectivity index (χ4v) is 2.65. The van der Waals surface area contributed by atoms with Gasteiger partial charge >= 0.3 is 0 Å². The number of aliphatic hydroxyl groups is 1. The average molecular weight is 229 g/mol. The van der Waals surface area contributed by atoms with Gasteiger partial charge in [-0.1, -0.05) is 13.8 Å². The van der Waals surface area contributed by atoms with Crippen LogP contribution in [0.2, 0.25) is 0 Å². The molecule has 0 spiro atoms. The number of rotatable bonds is 5. The Labute approximate surface area is 99.8 Å². The number of hydrogen-bond acceptors (Lipinski definition) is 3. The van der Waals surface area contributed by atoms with E-state index in [4.69, 9.17) is 4.74 Å². The van der Waals surface area contributed by atoms with Gasteiger partial charge in [0.15, 0.2) is 0 Å². The van der Waals surface area contributed by atoms with Gasteiger partial charge in [0.05, 0.1) is 12.7 Å². The Morgan fingerprint density at radius 2 is 2.06 bits per heavy atom. The quantitative estimate of drug-likeness (QED) is 0.779. The zero-order chi connectivity index (χ0) is 12.1. The first-order valence-electron chi connectivity index (χ1n) is 6.54. The Kier molecular flexibility index (Phi) is 5.73. The van der Waals surface area contributed by atoms with Gasteiger partial charge in [-0.15, -0.1) is 0 Å². The molecule has 0 radical (unpaired) electrons. The largest absolute Gasteiger partial charge is 0.389 e. The maximum absolute atomic E-state index is 9.86. The van der Waals surface area contributed by atoms with Crippen molar-refractivity contribution in [2.75, 3.05) is 26.3 Å². The van der Waals surface area contributed by atoms with Crippen LogP contribution in [0.3, 0.4) is 0 Å². The molecule has 4 unspecified atom stereocenters. The van der Waals surface area contributed by atoms with Crippen molar-refractivity contribution < 1.29 is 9.84 Å². The van der Waals surface area contributed by atoms with Crippen molar-refractivity contribution in [3.05, 3.63) is 0 Å². The minimum absolute atomic E-state index is 0.347. The van der Waals surface area contributed by atoms with Crippen LogP contribution in [0, 0.1) is 11.8 Å². The van der Waals surface area contributed by atoms with Gasteiger partial charge in [-0.25, -0.2) is 0 Å². The molecule has 0 aromatic heterocycles. The smallest absolute Gasteiger partial charge is 0.0900 e. The minimum atomic E-state index is -0.347. The molecule has 3 heteroatoms. The van der Waals surface area contributed by atoms with E-state index >= 15 is 0 Å². The van der Waals surface area contributed by atoms with Crippen LogP contribution in [0.1, 0.15) is 34.1 Å². The van der Waals surface area contributed by atoms with E-state index in [1.54, 1.807) is 0 Å². The first kappa shape index (κ1) is 13.9. The molecule has 0 saturated carbocycles. The third-order valence-electron chi connectivity index (χ3n) is 3.68. The van der Waals surface area contributed by atoms with E-state index in [0.717, 1.165) is 24.9 Å². The molecular formula is C13H27NO2. The summed E-state index contributed by atoms with van der Waals surface area (Å²) >= 11 is 0. The predicted octanol–water partition coefficient (Wildman–Crippen LogP) is 1.75. The molecule has 0 aromatic carbocycles. The van der Waals surface area contributed by atoms with E-state index in [-0.39, 0.29) is 6.10 Å². The second kappa shape index (κ2) is 6.58. The summed E-state index contributed by atoms with van der Waals surface area (Å²) in [4.78, 5) is 2.41. The van der Waals surface area contributed by atoms with Gasteiger partial charge in [-0.05, 0) is 32.1 Å². The summed E-state index contributed by atoms with van der Waals surface area (Å²) in [6, 6.07) is 0.576. The molecule has 96 valence electrons. The minimum Gasteiger partial charge on any atom is -0.389 e. The number of hydrogen-bond donors (Lipinski definition) is 1. The van der Waals surface area contributed by atoms with Crippen molar-refractivity contribution in [1.29, 1.82) is 0 Å². The van der Waals surface area contributed by atoms with Crippen LogP contribution in [0.15, 0.2) is 0 Å². The van der Waals surface area contributed by atoms with Crippen LogP contribution in [0.4, 0.5) is 0 Å². The molecule has 0 aliphatic carbocycles. The number of ether oxygens (including phenoxy) is 1. The fraction of sp³-hybridized carbons (Fsp3) is 1.00. The third kappa shape index (κ3) is 4.04. The van der Waals surface area contributed by atoms with Crippen molar-refractivity contribution in [3.63, 3.8) is 0 Å². The molecule has 0 amide bonds. The van der Waals surface area contributed by atoms with Crippen molar-refractivity contribution in [2.24, 2.45) is 11.8 Å². The normalized spacial score (nSPS) is 33.9. The maximum Gasteiger partial charge on any atom is 0.0900 e. The van der Waals surface area contributed by atoms with Crippen LogP contribution in [-0.2, 0) is 4.74 Å². The maximum atomic E-state index is 9.86. The van der Waals surface area contributed by atoms with E-state index < -0.39 is 0 Å². The van der Waals surface area contributed by atoms with Crippen molar-refractivity contribution in [2.45, 2.75) is 46.3 Å². The van der Waals surface area contributed by atoms with Crippen LogP contribution in [0.25, 0.3) is 0 Å². The zero-order valence-corrected chi connectivity index (χ0v) is 11.1. The lowest BCUT2D eigenvalue weighted by Gasteiger charge is -2.41. The summed E-state index contributed by atoms with van der Waals surface area (Å²) in [5.41, 5.74) is 0. The highest BCUT2D eigenvalue weighted by Gasteiger charge is 2.29. The number of piperidine rings is 1. The lowest BCUT2D eigenvalue weighted by atomic mass is 9.86. The lowest BCUT2D eigenvalue weighted by molar-refractivity contribution is -0.00889. The second-order valence-electron chi connectivity index (χ2n) is 5.33. The van der Waals surface area contributed by atoms with E-state index in [0.29, 0.717) is 19.3 Å². The summed E-state index contributed by atoms with van der Waals surface area (Å²) in [5.74, 6) is 1.47. The van der Waals surface area contributed by atoms with E-state index in [1.807, 2.05) is 6.92 Å². The van der Waals surface area contributed by atoms with Crippen LogP contribution in [-0.4, -0.2) is 48.5 Å². The fourth-order valence-electron chi connectivity index (χ4n) is 2.65. The van der Waals surface area contributed by atoms with E-state index in [2.05, 4.69) is 25.7 Å². The second-order valence-corrected chi connectivity index (χ2v) is 5.33. The molecule has 1 aliphatic rings. The van der Waals surface area contributed by atoms with E-state index in [9.17, 15) is 5.11 Å². The SMILES string of the molecule is CCOCC(O)CN1CC(C)CC(C)C1C. The molecule has 1 rings (SSSR count). The van der Waals surface area contributed by atoms with Crippen LogP contribution in [0.5, 0.6) is 0 Å².